The van der Waals surface area contributed by atoms with Gasteiger partial charge in [0.15, 0.2) is 0 Å². The Hall–Kier alpha value is -3.52. The molecule has 194 valence electrons. The fraction of sp³-hybridized carbons (Fsp3) is 0.357. The van der Waals surface area contributed by atoms with Crippen LogP contribution in [0.25, 0.3) is 6.08 Å². The smallest absolute Gasteiger partial charge is 0.247 e. The summed E-state index contributed by atoms with van der Waals surface area (Å²) in [5, 5.41) is 2.94. The minimum Gasteiger partial charge on any atom is -0.368 e. The molecule has 0 spiro atoms. The van der Waals surface area contributed by atoms with Crippen molar-refractivity contribution in [2.75, 3.05) is 6.54 Å². The summed E-state index contributed by atoms with van der Waals surface area (Å²) >= 11 is 5.80. The Balaban J connectivity index is 1.53. The average Bonchev–Trinajstić information content (AvgIpc) is 3.50. The number of halogens is 2. The normalized spacial score (nSPS) is 22.4. The van der Waals surface area contributed by atoms with Crippen LogP contribution in [0.4, 0.5) is 4.39 Å². The number of nitrogens with zero attached hydrogens (tertiary/aromatic N) is 1. The summed E-state index contributed by atoms with van der Waals surface area (Å²) in [6, 6.07) is 11.8. The molecule has 0 radical (unpaired) electrons. The van der Waals surface area contributed by atoms with Crippen molar-refractivity contribution in [1.82, 2.24) is 10.2 Å². The lowest BCUT2D eigenvalue weighted by Gasteiger charge is -2.25. The second-order valence-electron chi connectivity index (χ2n) is 9.60. The zero-order valence-electron chi connectivity index (χ0n) is 20.2. The van der Waals surface area contributed by atoms with Gasteiger partial charge in [-0.05, 0) is 49.5 Å². The summed E-state index contributed by atoms with van der Waals surface area (Å²) in [5.41, 5.74) is 6.72. The van der Waals surface area contributed by atoms with Crippen LogP contribution >= 0.6 is 11.6 Å². The van der Waals surface area contributed by atoms with Crippen LogP contribution < -0.4 is 11.1 Å². The van der Waals surface area contributed by atoms with Crippen LogP contribution in [-0.2, 0) is 19.2 Å². The van der Waals surface area contributed by atoms with Gasteiger partial charge in [0.05, 0.1) is 0 Å². The number of Topliss-reactive ketones (excluding diaryl/α,β-unsaturated/α-hetero) is 1. The van der Waals surface area contributed by atoms with E-state index in [-0.39, 0.29) is 41.2 Å². The van der Waals surface area contributed by atoms with Gasteiger partial charge >= 0.3 is 0 Å². The fourth-order valence-electron chi connectivity index (χ4n) is 5.12. The molecule has 1 heterocycles. The lowest BCUT2D eigenvalue weighted by atomic mass is 9.95. The highest BCUT2D eigenvalue weighted by atomic mass is 35.5. The lowest BCUT2D eigenvalue weighted by molar-refractivity contribution is -0.136. The number of amides is 3. The number of hydrogen-bond donors (Lipinski definition) is 2. The fourth-order valence-corrected chi connectivity index (χ4v) is 5.28. The summed E-state index contributed by atoms with van der Waals surface area (Å²) in [7, 11) is 0. The van der Waals surface area contributed by atoms with E-state index in [0.29, 0.717) is 19.3 Å². The van der Waals surface area contributed by atoms with Crippen LogP contribution in [-0.4, -0.2) is 47.0 Å². The Labute approximate surface area is 219 Å². The number of hydrogen-bond acceptors (Lipinski definition) is 4. The van der Waals surface area contributed by atoms with Gasteiger partial charge in [0.25, 0.3) is 0 Å². The number of benzene rings is 2. The van der Waals surface area contributed by atoms with Gasteiger partial charge in [-0.25, -0.2) is 4.39 Å². The van der Waals surface area contributed by atoms with Crippen LogP contribution in [0.15, 0.2) is 54.6 Å². The zero-order chi connectivity index (χ0) is 26.5. The van der Waals surface area contributed by atoms with E-state index in [4.69, 9.17) is 17.3 Å². The molecule has 4 atom stereocenters. The predicted octanol–water partition coefficient (Wildman–Crippen LogP) is 3.61. The number of likely N-dealkylation sites (tertiary alicyclic amines) is 1. The SMILES string of the molecule is NC(=O)[C@H](C[C@@H]1CCCC1=O)NC(=O)[C@@H]1C[C@@H](c2ccccc2)CN1C(=O)/C=C/c1ccc(Cl)cc1F. The first-order chi connectivity index (χ1) is 17.7. The summed E-state index contributed by atoms with van der Waals surface area (Å²) < 4.78 is 14.2. The van der Waals surface area contributed by atoms with Crippen molar-refractivity contribution in [3.8, 4) is 0 Å². The third-order valence-corrected chi connectivity index (χ3v) is 7.37. The molecule has 3 N–H and O–H groups in total. The number of nitrogens with one attached hydrogen (secondary N) is 1. The van der Waals surface area contributed by atoms with Gasteiger partial charge in [0.2, 0.25) is 17.7 Å². The van der Waals surface area contributed by atoms with E-state index in [1.54, 1.807) is 0 Å². The van der Waals surface area contributed by atoms with Crippen LogP contribution in [0.1, 0.15) is 49.1 Å². The second-order valence-corrected chi connectivity index (χ2v) is 10.0. The van der Waals surface area contributed by atoms with Crippen molar-refractivity contribution in [3.05, 3.63) is 76.6 Å². The molecule has 2 aromatic rings. The van der Waals surface area contributed by atoms with Crippen LogP contribution in [0, 0.1) is 11.7 Å². The summed E-state index contributed by atoms with van der Waals surface area (Å²) in [6.07, 6.45) is 4.95. The maximum Gasteiger partial charge on any atom is 0.247 e. The number of carbonyl (C=O) groups excluding carboxylic acids is 4. The Morgan fingerprint density at radius 1 is 1.19 bits per heavy atom. The third-order valence-electron chi connectivity index (χ3n) is 7.14. The molecule has 9 heteroatoms. The van der Waals surface area contributed by atoms with Crippen molar-refractivity contribution < 1.29 is 23.6 Å². The monoisotopic (exact) mass is 525 g/mol. The van der Waals surface area contributed by atoms with E-state index in [1.165, 1.54) is 29.2 Å². The maximum absolute atomic E-state index is 14.2. The van der Waals surface area contributed by atoms with Crippen molar-refractivity contribution in [2.45, 2.75) is 50.1 Å². The molecule has 1 aliphatic carbocycles. The second kappa shape index (κ2) is 11.7. The number of ketones is 1. The van der Waals surface area contributed by atoms with Gasteiger partial charge < -0.3 is 16.0 Å². The Bertz CT molecular complexity index is 1220. The van der Waals surface area contributed by atoms with Crippen LogP contribution in [0.5, 0.6) is 0 Å². The molecule has 0 bridgehead atoms. The minimum absolute atomic E-state index is 0.0712. The summed E-state index contributed by atoms with van der Waals surface area (Å²) in [4.78, 5) is 52.2. The van der Waals surface area contributed by atoms with Gasteiger partial charge in [0, 0.05) is 41.5 Å². The molecule has 4 rings (SSSR count). The third kappa shape index (κ3) is 6.43. The highest BCUT2D eigenvalue weighted by Gasteiger charge is 2.41. The van der Waals surface area contributed by atoms with Gasteiger partial charge in [-0.15, -0.1) is 0 Å². The molecule has 1 saturated heterocycles. The number of primary amides is 1. The number of carbonyl (C=O) groups is 4. The minimum atomic E-state index is -1.01. The van der Waals surface area contributed by atoms with Crippen molar-refractivity contribution in [1.29, 1.82) is 0 Å². The number of nitrogens with two attached hydrogens (primary N) is 1. The lowest BCUT2D eigenvalue weighted by Crippen LogP contribution is -2.52. The predicted molar refractivity (Wildman–Crippen MR) is 138 cm³/mol. The summed E-state index contributed by atoms with van der Waals surface area (Å²) in [5.74, 6) is -2.61. The molecule has 0 unspecified atom stereocenters. The molecule has 1 saturated carbocycles. The molecular formula is C28H29ClFN3O4. The van der Waals surface area contributed by atoms with E-state index < -0.39 is 35.6 Å². The molecule has 2 fully saturated rings. The highest BCUT2D eigenvalue weighted by Crippen LogP contribution is 2.33. The van der Waals surface area contributed by atoms with E-state index in [2.05, 4.69) is 5.32 Å². The Morgan fingerprint density at radius 2 is 1.95 bits per heavy atom. The number of rotatable bonds is 8. The summed E-state index contributed by atoms with van der Waals surface area (Å²) in [6.45, 7) is 0.275. The van der Waals surface area contributed by atoms with E-state index in [0.717, 1.165) is 18.1 Å². The quantitative estimate of drug-likeness (QED) is 0.513. The van der Waals surface area contributed by atoms with Crippen molar-refractivity contribution in [2.24, 2.45) is 11.7 Å². The molecule has 7 nitrogen and oxygen atoms in total. The zero-order valence-corrected chi connectivity index (χ0v) is 21.0. The van der Waals surface area contributed by atoms with Crippen molar-refractivity contribution in [3.63, 3.8) is 0 Å². The van der Waals surface area contributed by atoms with E-state index >= 15 is 0 Å². The van der Waals surface area contributed by atoms with Crippen LogP contribution in [0.2, 0.25) is 5.02 Å². The average molecular weight is 526 g/mol. The first-order valence-electron chi connectivity index (χ1n) is 12.3. The molecular weight excluding hydrogens is 497 g/mol. The van der Waals surface area contributed by atoms with Gasteiger partial charge in [-0.3, -0.25) is 19.2 Å². The Morgan fingerprint density at radius 3 is 2.59 bits per heavy atom. The highest BCUT2D eigenvalue weighted by molar-refractivity contribution is 6.30. The van der Waals surface area contributed by atoms with Crippen LogP contribution in [0.3, 0.4) is 0 Å². The van der Waals surface area contributed by atoms with Gasteiger partial charge in [0.1, 0.15) is 23.7 Å². The molecule has 2 aromatic carbocycles. The Kier molecular flexibility index (Phi) is 8.38. The topological polar surface area (TPSA) is 110 Å². The van der Waals surface area contributed by atoms with E-state index in [1.807, 2.05) is 30.3 Å². The van der Waals surface area contributed by atoms with Crippen molar-refractivity contribution >= 4 is 41.2 Å². The largest absolute Gasteiger partial charge is 0.368 e. The van der Waals surface area contributed by atoms with Gasteiger partial charge in [-0.1, -0.05) is 48.0 Å². The maximum atomic E-state index is 14.2. The first kappa shape index (κ1) is 26.5. The molecule has 3 amide bonds. The first-order valence-corrected chi connectivity index (χ1v) is 12.7. The molecule has 37 heavy (non-hydrogen) atoms. The molecule has 0 aromatic heterocycles. The molecule has 1 aliphatic heterocycles. The van der Waals surface area contributed by atoms with E-state index in [9.17, 15) is 23.6 Å². The van der Waals surface area contributed by atoms with Gasteiger partial charge in [-0.2, -0.15) is 0 Å². The molecule has 2 aliphatic rings. The standard InChI is InChI=1S/C28H29ClFN3O4/c29-21-11-9-18(22(30)15-21)10-12-26(35)33-16-20(17-5-2-1-3-6-17)14-24(33)28(37)32-23(27(31)36)13-19-7-4-8-25(19)34/h1-3,5-6,9-12,15,19-20,23-24H,4,7-8,13-14,16H2,(H2,31,36)(H,32,37)/b12-10+/t19-,20+,23-,24-/m0/s1.